The van der Waals surface area contributed by atoms with Crippen molar-refractivity contribution in [1.29, 1.82) is 0 Å². The van der Waals surface area contributed by atoms with E-state index < -0.39 is 5.97 Å². The average molecular weight is 455 g/mol. The molecule has 0 amide bonds. The second-order valence-corrected chi connectivity index (χ2v) is 8.00. The van der Waals surface area contributed by atoms with Crippen LogP contribution in [0.5, 0.6) is 5.88 Å². The lowest BCUT2D eigenvalue weighted by molar-refractivity contribution is 0.0526. The molecule has 4 rings (SSSR count). The molecule has 0 bridgehead atoms. The highest BCUT2D eigenvalue weighted by molar-refractivity contribution is 6.01. The van der Waals surface area contributed by atoms with Crippen LogP contribution in [0, 0.1) is 6.92 Å². The molecule has 0 aliphatic carbocycles. The van der Waals surface area contributed by atoms with E-state index >= 15 is 0 Å². The first-order chi connectivity index (χ1) is 16.4. The number of esters is 1. The van der Waals surface area contributed by atoms with E-state index in [-0.39, 0.29) is 24.1 Å². The van der Waals surface area contributed by atoms with Crippen LogP contribution in [0.4, 0.5) is 0 Å². The molecule has 34 heavy (non-hydrogen) atoms. The van der Waals surface area contributed by atoms with Gasteiger partial charge in [-0.15, -0.1) is 0 Å². The molecule has 6 heteroatoms. The summed E-state index contributed by atoms with van der Waals surface area (Å²) in [5, 5.41) is 12.3. The Kier molecular flexibility index (Phi) is 6.59. The number of benzene rings is 3. The van der Waals surface area contributed by atoms with Crippen molar-refractivity contribution in [3.05, 3.63) is 105 Å². The lowest BCUT2D eigenvalue weighted by atomic mass is 10.0. The van der Waals surface area contributed by atoms with E-state index in [1.165, 1.54) is 4.57 Å². The van der Waals surface area contributed by atoms with Crippen molar-refractivity contribution in [3.63, 3.8) is 0 Å². The van der Waals surface area contributed by atoms with Crippen LogP contribution in [0.25, 0.3) is 16.5 Å². The van der Waals surface area contributed by atoms with Crippen molar-refractivity contribution >= 4 is 23.0 Å². The van der Waals surface area contributed by atoms with Crippen LogP contribution < -0.4 is 5.56 Å². The molecule has 1 heterocycles. The summed E-state index contributed by atoms with van der Waals surface area (Å²) in [5.41, 5.74) is 3.11. The van der Waals surface area contributed by atoms with E-state index in [4.69, 9.17) is 9.73 Å². The lowest BCUT2D eigenvalue weighted by Gasteiger charge is -2.15. The molecule has 0 saturated carbocycles. The Morgan fingerprint density at radius 3 is 2.35 bits per heavy atom. The monoisotopic (exact) mass is 454 g/mol. The van der Waals surface area contributed by atoms with E-state index in [0.29, 0.717) is 27.6 Å². The predicted octanol–water partition coefficient (Wildman–Crippen LogP) is 5.36. The molecule has 172 valence electrons. The van der Waals surface area contributed by atoms with E-state index in [2.05, 4.69) is 0 Å². The van der Waals surface area contributed by atoms with Crippen molar-refractivity contribution in [2.75, 3.05) is 6.61 Å². The Labute approximate surface area is 197 Å². The third-order valence-electron chi connectivity index (χ3n) is 5.81. The zero-order valence-corrected chi connectivity index (χ0v) is 19.4. The average Bonchev–Trinajstić information content (AvgIpc) is 2.85. The maximum atomic E-state index is 13.3. The van der Waals surface area contributed by atoms with Gasteiger partial charge in [-0.2, -0.15) is 0 Å². The third-order valence-corrected chi connectivity index (χ3v) is 5.81. The highest BCUT2D eigenvalue weighted by Crippen LogP contribution is 2.27. The Bertz CT molecular complexity index is 1440. The van der Waals surface area contributed by atoms with Gasteiger partial charge in [0.25, 0.3) is 5.56 Å². The lowest BCUT2D eigenvalue weighted by Crippen LogP contribution is -2.20. The molecule has 1 atom stereocenters. The SMILES string of the molecule is CCOC(=O)c1ccc(-n2c(O)c(C=NC(C)c3ccccc3C)c3ccccc3c2=O)cc1. The van der Waals surface area contributed by atoms with Gasteiger partial charge in [-0.25, -0.2) is 9.36 Å². The van der Waals surface area contributed by atoms with Gasteiger partial charge in [-0.05, 0) is 62.2 Å². The van der Waals surface area contributed by atoms with Crippen molar-refractivity contribution in [3.8, 4) is 11.6 Å². The molecule has 0 spiro atoms. The first-order valence-corrected chi connectivity index (χ1v) is 11.1. The van der Waals surface area contributed by atoms with Crippen LogP contribution >= 0.6 is 0 Å². The molecule has 1 aromatic heterocycles. The maximum absolute atomic E-state index is 13.3. The van der Waals surface area contributed by atoms with Gasteiger partial charge in [0.05, 0.1) is 29.5 Å². The molecule has 3 aromatic carbocycles. The number of aliphatic imine (C=N–C) groups is 1. The summed E-state index contributed by atoms with van der Waals surface area (Å²) in [5.74, 6) is -0.657. The Morgan fingerprint density at radius 2 is 1.68 bits per heavy atom. The van der Waals surface area contributed by atoms with Gasteiger partial charge in [-0.1, -0.05) is 42.5 Å². The van der Waals surface area contributed by atoms with Crippen molar-refractivity contribution < 1.29 is 14.6 Å². The number of carbonyl (C=O) groups excluding carboxylic acids is 1. The molecule has 0 saturated heterocycles. The van der Waals surface area contributed by atoms with E-state index in [1.54, 1.807) is 55.6 Å². The van der Waals surface area contributed by atoms with Crippen LogP contribution in [0.2, 0.25) is 0 Å². The number of pyridine rings is 1. The van der Waals surface area contributed by atoms with Crippen molar-refractivity contribution in [2.45, 2.75) is 26.8 Å². The fraction of sp³-hybridized carbons (Fsp3) is 0.179. The summed E-state index contributed by atoms with van der Waals surface area (Å²) in [7, 11) is 0. The smallest absolute Gasteiger partial charge is 0.338 e. The zero-order chi connectivity index (χ0) is 24.2. The quantitative estimate of drug-likeness (QED) is 0.314. The summed E-state index contributed by atoms with van der Waals surface area (Å²) in [6.07, 6.45) is 1.62. The summed E-state index contributed by atoms with van der Waals surface area (Å²) >= 11 is 0. The predicted molar refractivity (Wildman–Crippen MR) is 134 cm³/mol. The number of aromatic hydroxyl groups is 1. The Hall–Kier alpha value is -4.19. The fourth-order valence-electron chi connectivity index (χ4n) is 4.01. The minimum Gasteiger partial charge on any atom is -0.494 e. The second-order valence-electron chi connectivity index (χ2n) is 8.00. The number of rotatable bonds is 6. The van der Waals surface area contributed by atoms with E-state index in [9.17, 15) is 14.7 Å². The summed E-state index contributed by atoms with van der Waals surface area (Å²) in [4.78, 5) is 30.0. The number of aryl methyl sites for hydroxylation is 1. The summed E-state index contributed by atoms with van der Waals surface area (Å²) in [6.45, 7) is 6.04. The van der Waals surface area contributed by atoms with Gasteiger partial charge in [0.15, 0.2) is 0 Å². The fourth-order valence-corrected chi connectivity index (χ4v) is 4.01. The number of aromatic nitrogens is 1. The van der Waals surface area contributed by atoms with E-state index in [0.717, 1.165) is 11.1 Å². The highest BCUT2D eigenvalue weighted by Gasteiger charge is 2.17. The van der Waals surface area contributed by atoms with Crippen LogP contribution in [0.3, 0.4) is 0 Å². The van der Waals surface area contributed by atoms with Gasteiger partial charge < -0.3 is 9.84 Å². The molecule has 0 radical (unpaired) electrons. The van der Waals surface area contributed by atoms with Crippen molar-refractivity contribution in [2.24, 2.45) is 4.99 Å². The van der Waals surface area contributed by atoms with Gasteiger partial charge in [0, 0.05) is 17.0 Å². The minimum absolute atomic E-state index is 0.136. The molecule has 4 aromatic rings. The first kappa shape index (κ1) is 23.0. The molecular weight excluding hydrogens is 428 g/mol. The number of carbonyl (C=O) groups is 1. The van der Waals surface area contributed by atoms with Crippen molar-refractivity contribution in [1.82, 2.24) is 4.57 Å². The molecular formula is C28H26N2O4. The Balaban J connectivity index is 1.83. The number of hydrogen-bond donors (Lipinski definition) is 1. The van der Waals surface area contributed by atoms with Gasteiger partial charge in [0.1, 0.15) is 0 Å². The summed E-state index contributed by atoms with van der Waals surface area (Å²) < 4.78 is 6.26. The summed E-state index contributed by atoms with van der Waals surface area (Å²) in [6, 6.07) is 21.4. The molecule has 1 N–H and O–H groups in total. The van der Waals surface area contributed by atoms with Gasteiger partial charge in [-0.3, -0.25) is 9.79 Å². The normalized spacial score (nSPS) is 12.2. The molecule has 0 aliphatic heterocycles. The molecule has 0 fully saturated rings. The third kappa shape index (κ3) is 4.35. The highest BCUT2D eigenvalue weighted by atomic mass is 16.5. The maximum Gasteiger partial charge on any atom is 0.338 e. The van der Waals surface area contributed by atoms with Gasteiger partial charge >= 0.3 is 5.97 Å². The number of nitrogens with zero attached hydrogens (tertiary/aromatic N) is 2. The van der Waals surface area contributed by atoms with Crippen LogP contribution in [0.15, 0.2) is 82.6 Å². The zero-order valence-electron chi connectivity index (χ0n) is 19.4. The topological polar surface area (TPSA) is 80.9 Å². The van der Waals surface area contributed by atoms with E-state index in [1.807, 2.05) is 44.2 Å². The molecule has 1 unspecified atom stereocenters. The van der Waals surface area contributed by atoms with Crippen LogP contribution in [0.1, 0.15) is 46.9 Å². The number of ether oxygens (including phenoxy) is 1. The number of fused-ring (bicyclic) bond motifs is 1. The first-order valence-electron chi connectivity index (χ1n) is 11.1. The standard InChI is InChI=1S/C28H26N2O4/c1-4-34-28(33)20-13-15-21(16-14-20)30-26(31)24-12-8-7-11-23(24)25(27(30)32)17-29-19(3)22-10-6-5-9-18(22)2/h5-17,19,32H,4H2,1-3H3. The van der Waals surface area contributed by atoms with Gasteiger partial charge in [0.2, 0.25) is 5.88 Å². The molecule has 6 nitrogen and oxygen atoms in total. The largest absolute Gasteiger partial charge is 0.494 e. The number of hydrogen-bond acceptors (Lipinski definition) is 5. The Morgan fingerprint density at radius 1 is 1.03 bits per heavy atom. The minimum atomic E-state index is -0.442. The molecule has 0 aliphatic rings. The second kappa shape index (κ2) is 9.75. The van der Waals surface area contributed by atoms with Crippen LogP contribution in [-0.4, -0.2) is 28.5 Å². The van der Waals surface area contributed by atoms with Crippen LogP contribution in [-0.2, 0) is 4.74 Å².